The quantitative estimate of drug-likeness (QED) is 0.0928. The average Bonchev–Trinajstić information content (AvgIpc) is 3.68. The maximum Gasteiger partial charge on any atom is 0.407 e. The highest BCUT2D eigenvalue weighted by atomic mass is 19.1. The zero-order chi connectivity index (χ0) is 44.2. The number of nitrogens with one attached hydrogen (secondary N) is 3. The van der Waals surface area contributed by atoms with Gasteiger partial charge in [-0.1, -0.05) is 58.0 Å². The summed E-state index contributed by atoms with van der Waals surface area (Å²) in [6.45, 7) is 16.9. The molecule has 2 aromatic heterocycles. The molecule has 2 saturated heterocycles. The summed E-state index contributed by atoms with van der Waals surface area (Å²) >= 11 is 0. The maximum atomic E-state index is 15.4. The fourth-order valence-corrected chi connectivity index (χ4v) is 8.63. The van der Waals surface area contributed by atoms with Gasteiger partial charge >= 0.3 is 6.09 Å². The summed E-state index contributed by atoms with van der Waals surface area (Å²) in [5.41, 5.74) is 6.15. The summed E-state index contributed by atoms with van der Waals surface area (Å²) in [6.07, 6.45) is 3.34. The van der Waals surface area contributed by atoms with Gasteiger partial charge < -0.3 is 25.8 Å². The van der Waals surface area contributed by atoms with Crippen molar-refractivity contribution in [3.8, 4) is 11.1 Å². The lowest BCUT2D eigenvalue weighted by molar-refractivity contribution is -0.0461. The number of aromatic nitrogens is 3. The topological polar surface area (TPSA) is 154 Å². The van der Waals surface area contributed by atoms with E-state index in [9.17, 15) is 19.5 Å². The van der Waals surface area contributed by atoms with Crippen LogP contribution in [0, 0.1) is 11.2 Å². The van der Waals surface area contributed by atoms with Crippen LogP contribution in [-0.4, -0.2) is 92.0 Å². The van der Waals surface area contributed by atoms with E-state index in [2.05, 4.69) is 53.6 Å². The summed E-state index contributed by atoms with van der Waals surface area (Å²) in [7, 11) is 0. The Balaban J connectivity index is 1.01. The van der Waals surface area contributed by atoms with Gasteiger partial charge in [0.15, 0.2) is 5.65 Å². The number of anilines is 1. The van der Waals surface area contributed by atoms with Crippen LogP contribution in [0.1, 0.15) is 97.5 Å². The molecule has 3 amide bonds. The van der Waals surface area contributed by atoms with E-state index in [1.54, 1.807) is 41.3 Å². The number of hydrogen-bond acceptors (Lipinski definition) is 8. The molecule has 1 atom stereocenters. The van der Waals surface area contributed by atoms with Crippen molar-refractivity contribution in [2.75, 3.05) is 38.2 Å². The summed E-state index contributed by atoms with van der Waals surface area (Å²) < 4.78 is 22.9. The molecule has 0 aliphatic carbocycles. The molecular weight excluding hydrogens is 788 g/mol. The standard InChI is InChI=1S/C48H59FN8O5/c1-7-41-38(42(53-36-17-21-62-22-18-36)39-28-52-57(8-2)43(39)54-41)27-51-45(59)35-14-10-13-34(25-35)44(58)50-26-31-15-16-40(49)37(24-31)33-12-9-11-32(23-33)29-55-19-20-56(46(60)61)48(6,30-55)47(3,4)5/h9-16,23-25,28,36H,7-8,17-22,26-27,29-30H2,1-6H3,(H,50,58)(H,51,59)(H,53,54)(H,60,61)/t48-/m1/s1. The van der Waals surface area contributed by atoms with Gasteiger partial charge in [-0.3, -0.25) is 19.4 Å². The van der Waals surface area contributed by atoms with Crippen LogP contribution in [-0.2, 0) is 37.3 Å². The third kappa shape index (κ3) is 9.46. The second kappa shape index (κ2) is 18.6. The molecule has 0 bridgehead atoms. The monoisotopic (exact) mass is 846 g/mol. The smallest absolute Gasteiger partial charge is 0.407 e. The lowest BCUT2D eigenvalue weighted by atomic mass is 9.72. The van der Waals surface area contributed by atoms with Crippen molar-refractivity contribution in [1.29, 1.82) is 0 Å². The van der Waals surface area contributed by atoms with Gasteiger partial charge in [0.2, 0.25) is 0 Å². The minimum Gasteiger partial charge on any atom is -0.465 e. The molecule has 328 valence electrons. The number of nitrogens with zero attached hydrogens (tertiary/aromatic N) is 5. The SMILES string of the molecule is CCc1nc2c(cnn2CC)c(NC2CCOCC2)c1CNC(=O)c1cccc(C(=O)NCc2ccc(F)c(-c3cccc(CN4CCN(C(=O)O)[C@@](C)(C(C)(C)C)C4)c3)c2)c1. The molecule has 2 fully saturated rings. The minimum absolute atomic E-state index is 0.147. The highest BCUT2D eigenvalue weighted by Gasteiger charge is 2.48. The van der Waals surface area contributed by atoms with E-state index in [0.717, 1.165) is 46.4 Å². The highest BCUT2D eigenvalue weighted by Crippen LogP contribution is 2.39. The molecule has 0 saturated carbocycles. The summed E-state index contributed by atoms with van der Waals surface area (Å²) in [5, 5.41) is 25.2. The first-order valence-corrected chi connectivity index (χ1v) is 21.7. The molecule has 2 aliphatic rings. The van der Waals surface area contributed by atoms with Crippen LogP contribution < -0.4 is 16.0 Å². The van der Waals surface area contributed by atoms with Crippen LogP contribution in [0.2, 0.25) is 0 Å². The predicted molar refractivity (Wildman–Crippen MR) is 239 cm³/mol. The van der Waals surface area contributed by atoms with Crippen LogP contribution in [0.4, 0.5) is 14.9 Å². The van der Waals surface area contributed by atoms with E-state index in [0.29, 0.717) is 80.2 Å². The first-order valence-electron chi connectivity index (χ1n) is 21.7. The van der Waals surface area contributed by atoms with Gasteiger partial charge in [0.25, 0.3) is 11.8 Å². The van der Waals surface area contributed by atoms with E-state index in [1.165, 1.54) is 6.07 Å². The normalized spacial score (nSPS) is 17.6. The number of aryl methyl sites for hydroxylation is 2. The molecule has 4 heterocycles. The molecule has 5 aromatic rings. The zero-order valence-corrected chi connectivity index (χ0v) is 36.7. The Morgan fingerprint density at radius 1 is 0.919 bits per heavy atom. The van der Waals surface area contributed by atoms with Gasteiger partial charge in [-0.2, -0.15) is 5.10 Å². The lowest BCUT2D eigenvalue weighted by Crippen LogP contribution is -2.67. The number of amides is 3. The lowest BCUT2D eigenvalue weighted by Gasteiger charge is -2.54. The minimum atomic E-state index is -0.912. The highest BCUT2D eigenvalue weighted by molar-refractivity contribution is 6.00. The molecule has 13 nitrogen and oxygen atoms in total. The summed E-state index contributed by atoms with van der Waals surface area (Å²) in [5.74, 6) is -1.06. The number of hydrogen-bond donors (Lipinski definition) is 4. The Hall–Kier alpha value is -5.86. The molecule has 0 spiro atoms. The van der Waals surface area contributed by atoms with Crippen molar-refractivity contribution in [3.05, 3.63) is 112 Å². The van der Waals surface area contributed by atoms with Gasteiger partial charge in [0.1, 0.15) is 5.82 Å². The molecule has 3 aromatic carbocycles. The maximum absolute atomic E-state index is 15.4. The third-order valence-electron chi connectivity index (χ3n) is 12.7. The molecule has 62 heavy (non-hydrogen) atoms. The number of benzene rings is 3. The number of pyridine rings is 1. The molecule has 4 N–H and O–H groups in total. The van der Waals surface area contributed by atoms with Crippen LogP contribution in [0.15, 0.2) is 72.9 Å². The van der Waals surface area contributed by atoms with Gasteiger partial charge in [0.05, 0.1) is 22.8 Å². The number of carboxylic acid groups (broad SMARTS) is 1. The number of ether oxygens (including phenoxy) is 1. The van der Waals surface area contributed by atoms with Gasteiger partial charge in [-0.05, 0) is 91.6 Å². The van der Waals surface area contributed by atoms with Crippen molar-refractivity contribution in [1.82, 2.24) is 35.2 Å². The van der Waals surface area contributed by atoms with Crippen molar-refractivity contribution >= 4 is 34.6 Å². The number of carbonyl (C=O) groups is 3. The van der Waals surface area contributed by atoms with Gasteiger partial charge in [-0.15, -0.1) is 0 Å². The summed E-state index contributed by atoms with van der Waals surface area (Å²) in [6, 6.07) is 19.4. The molecule has 0 unspecified atom stereocenters. The second-order valence-corrected chi connectivity index (χ2v) is 17.6. The Kier molecular flexibility index (Phi) is 13.3. The fraction of sp³-hybridized carbons (Fsp3) is 0.438. The van der Waals surface area contributed by atoms with E-state index in [-0.39, 0.29) is 42.2 Å². The zero-order valence-electron chi connectivity index (χ0n) is 36.7. The third-order valence-corrected chi connectivity index (χ3v) is 12.7. The van der Waals surface area contributed by atoms with Crippen LogP contribution in [0.3, 0.4) is 0 Å². The molecule has 14 heteroatoms. The fourth-order valence-electron chi connectivity index (χ4n) is 8.63. The largest absolute Gasteiger partial charge is 0.465 e. The van der Waals surface area contributed by atoms with E-state index in [1.807, 2.05) is 49.0 Å². The van der Waals surface area contributed by atoms with Crippen molar-refractivity contribution < 1.29 is 28.6 Å². The Morgan fingerprint density at radius 2 is 1.63 bits per heavy atom. The van der Waals surface area contributed by atoms with Crippen LogP contribution in [0.5, 0.6) is 0 Å². The first-order chi connectivity index (χ1) is 29.7. The number of halogens is 1. The molecule has 2 aliphatic heterocycles. The van der Waals surface area contributed by atoms with E-state index >= 15 is 4.39 Å². The first kappa shape index (κ1) is 44.2. The van der Waals surface area contributed by atoms with Gasteiger partial charge in [0, 0.05) is 93.0 Å². The van der Waals surface area contributed by atoms with Gasteiger partial charge in [-0.25, -0.2) is 18.9 Å². The van der Waals surface area contributed by atoms with E-state index < -0.39 is 11.6 Å². The number of fused-ring (bicyclic) bond motifs is 1. The van der Waals surface area contributed by atoms with Crippen molar-refractivity contribution in [3.63, 3.8) is 0 Å². The Bertz CT molecular complexity index is 2440. The van der Waals surface area contributed by atoms with Crippen LogP contribution >= 0.6 is 0 Å². The van der Waals surface area contributed by atoms with Crippen LogP contribution in [0.25, 0.3) is 22.2 Å². The number of carbonyl (C=O) groups excluding carboxylic acids is 2. The predicted octanol–water partition coefficient (Wildman–Crippen LogP) is 7.87. The summed E-state index contributed by atoms with van der Waals surface area (Å²) in [4.78, 5) is 48.1. The molecule has 7 rings (SSSR count). The number of piperazine rings is 1. The Morgan fingerprint density at radius 3 is 2.31 bits per heavy atom. The number of rotatable bonds is 13. The van der Waals surface area contributed by atoms with Crippen molar-refractivity contribution in [2.24, 2.45) is 5.41 Å². The Labute approximate surface area is 363 Å². The molecular formula is C48H59FN8O5. The van der Waals surface area contributed by atoms with E-state index in [4.69, 9.17) is 9.72 Å². The average molecular weight is 847 g/mol. The van der Waals surface area contributed by atoms with Crippen molar-refractivity contribution in [2.45, 2.75) is 98.6 Å². The molecule has 0 radical (unpaired) electrons. The second-order valence-electron chi connectivity index (χ2n) is 17.6.